The first-order chi connectivity index (χ1) is 15.0. The molecule has 1 aromatic heterocycles. The number of aromatic nitrogens is 3. The smallest absolute Gasteiger partial charge is 0.229 e. The summed E-state index contributed by atoms with van der Waals surface area (Å²) in [5, 5.41) is 9.92. The molecule has 0 amide bonds. The van der Waals surface area contributed by atoms with Crippen LogP contribution in [-0.2, 0) is 10.0 Å². The predicted molar refractivity (Wildman–Crippen MR) is 128 cm³/mol. The van der Waals surface area contributed by atoms with Crippen molar-refractivity contribution in [2.45, 2.75) is 18.1 Å². The lowest BCUT2D eigenvalue weighted by Crippen LogP contribution is -2.20. The number of ketones is 1. The maximum atomic E-state index is 12.7. The van der Waals surface area contributed by atoms with Crippen molar-refractivity contribution < 1.29 is 13.2 Å². The molecule has 1 atom stereocenters. The number of nitrogens with one attached hydrogen (secondary N) is 1. The second kappa shape index (κ2) is 10.0. The van der Waals surface area contributed by atoms with Crippen molar-refractivity contribution in [3.63, 3.8) is 0 Å². The third-order valence-electron chi connectivity index (χ3n) is 4.73. The molecule has 11 heteroatoms. The van der Waals surface area contributed by atoms with E-state index in [1.54, 1.807) is 36.4 Å². The zero-order valence-electron chi connectivity index (χ0n) is 18.1. The van der Waals surface area contributed by atoms with Gasteiger partial charge in [-0.15, -0.1) is 10.2 Å². The second-order valence-electron chi connectivity index (χ2n) is 7.46. The largest absolute Gasteiger partial charge is 0.300 e. The highest BCUT2D eigenvalue weighted by molar-refractivity contribution is 7.99. The molecule has 3 aromatic rings. The van der Waals surface area contributed by atoms with Gasteiger partial charge in [0, 0.05) is 22.0 Å². The van der Waals surface area contributed by atoms with Gasteiger partial charge >= 0.3 is 0 Å². The van der Waals surface area contributed by atoms with Gasteiger partial charge in [0.25, 0.3) is 0 Å². The van der Waals surface area contributed by atoms with Crippen LogP contribution >= 0.6 is 23.4 Å². The molecular formula is C21H24ClN5O3S2. The maximum Gasteiger partial charge on any atom is 0.229 e. The molecule has 3 rings (SSSR count). The third kappa shape index (κ3) is 6.10. The fraction of sp³-hybridized carbons (Fsp3) is 0.286. The van der Waals surface area contributed by atoms with Crippen molar-refractivity contribution in [2.75, 3.05) is 30.8 Å². The zero-order valence-corrected chi connectivity index (χ0v) is 20.5. The molecule has 8 nitrogen and oxygen atoms in total. The monoisotopic (exact) mass is 493 g/mol. The fourth-order valence-corrected chi connectivity index (χ4v) is 4.40. The van der Waals surface area contributed by atoms with Gasteiger partial charge in [-0.2, -0.15) is 0 Å². The molecule has 0 saturated carbocycles. The Morgan fingerprint density at radius 2 is 1.75 bits per heavy atom. The van der Waals surface area contributed by atoms with Gasteiger partial charge < -0.3 is 0 Å². The molecular weight excluding hydrogens is 470 g/mol. The summed E-state index contributed by atoms with van der Waals surface area (Å²) in [7, 11) is 0.555. The molecule has 0 fully saturated rings. The van der Waals surface area contributed by atoms with Gasteiger partial charge in [0.2, 0.25) is 10.0 Å². The van der Waals surface area contributed by atoms with E-state index in [1.807, 2.05) is 42.6 Å². The summed E-state index contributed by atoms with van der Waals surface area (Å²) in [5.41, 5.74) is 1.74. The van der Waals surface area contributed by atoms with Crippen LogP contribution < -0.4 is 4.72 Å². The van der Waals surface area contributed by atoms with Crippen molar-refractivity contribution in [3.05, 3.63) is 64.9 Å². The van der Waals surface area contributed by atoms with Crippen LogP contribution in [0.25, 0.3) is 5.69 Å². The summed E-state index contributed by atoms with van der Waals surface area (Å²) in [6.07, 6.45) is 1.07. The van der Waals surface area contributed by atoms with E-state index in [0.717, 1.165) is 17.8 Å². The Kier molecular flexibility index (Phi) is 7.60. The summed E-state index contributed by atoms with van der Waals surface area (Å²) in [5.74, 6) is 0.804. The highest BCUT2D eigenvalue weighted by Crippen LogP contribution is 2.28. The summed E-state index contributed by atoms with van der Waals surface area (Å²) < 4.78 is 27.0. The van der Waals surface area contributed by atoms with E-state index in [-0.39, 0.29) is 17.6 Å². The van der Waals surface area contributed by atoms with Crippen molar-refractivity contribution in [1.82, 2.24) is 19.7 Å². The minimum Gasteiger partial charge on any atom is -0.300 e. The Hall–Kier alpha value is -2.40. The predicted octanol–water partition coefficient (Wildman–Crippen LogP) is 3.89. The Morgan fingerprint density at radius 1 is 1.12 bits per heavy atom. The molecule has 0 aliphatic carbocycles. The number of halogens is 1. The Morgan fingerprint density at radius 3 is 2.31 bits per heavy atom. The molecule has 32 heavy (non-hydrogen) atoms. The van der Waals surface area contributed by atoms with Gasteiger partial charge in [0.15, 0.2) is 16.8 Å². The SMILES string of the molecule is C[C@H](c1nnc(SCC(=O)c2ccc(NS(C)(=O)=O)cc2)n1-c1ccc(Cl)cc1)N(C)C. The molecule has 0 unspecified atom stereocenters. The van der Waals surface area contributed by atoms with E-state index in [1.165, 1.54) is 11.8 Å². The highest BCUT2D eigenvalue weighted by atomic mass is 35.5. The lowest BCUT2D eigenvalue weighted by Gasteiger charge is -2.20. The molecule has 0 aliphatic rings. The van der Waals surface area contributed by atoms with E-state index in [0.29, 0.717) is 21.4 Å². The number of sulfonamides is 1. The first-order valence-corrected chi connectivity index (χ1v) is 12.9. The standard InChI is InChI=1S/C21H24ClN5O3S2/c1-14(26(2)3)20-23-24-21(27(20)18-11-7-16(22)8-12-18)31-13-19(28)15-5-9-17(10-6-15)25-32(4,29)30/h5-12,14,25H,13H2,1-4H3/t14-/m1/s1. The number of carbonyl (C=O) groups excluding carboxylic acids is 1. The molecule has 2 aromatic carbocycles. The molecule has 0 aliphatic heterocycles. The third-order valence-corrected chi connectivity index (χ3v) is 6.52. The van der Waals surface area contributed by atoms with E-state index >= 15 is 0 Å². The quantitative estimate of drug-likeness (QED) is 0.356. The van der Waals surface area contributed by atoms with E-state index in [9.17, 15) is 13.2 Å². The van der Waals surface area contributed by atoms with Crippen molar-refractivity contribution >= 4 is 44.9 Å². The van der Waals surface area contributed by atoms with Crippen LogP contribution in [0.4, 0.5) is 5.69 Å². The number of hydrogen-bond donors (Lipinski definition) is 1. The fourth-order valence-electron chi connectivity index (χ4n) is 2.86. The summed E-state index contributed by atoms with van der Waals surface area (Å²) in [6, 6.07) is 13.7. The first kappa shape index (κ1) is 24.2. The lowest BCUT2D eigenvalue weighted by atomic mass is 10.1. The second-order valence-corrected chi connectivity index (χ2v) is 10.6. The average Bonchev–Trinajstić information content (AvgIpc) is 3.15. The number of nitrogens with zero attached hydrogens (tertiary/aromatic N) is 4. The number of thioether (sulfide) groups is 1. The minimum atomic E-state index is -3.37. The Bertz CT molecular complexity index is 1190. The number of hydrogen-bond acceptors (Lipinski definition) is 7. The average molecular weight is 494 g/mol. The molecule has 1 heterocycles. The van der Waals surface area contributed by atoms with Gasteiger partial charge in [-0.1, -0.05) is 23.4 Å². The Balaban J connectivity index is 1.81. The molecule has 0 radical (unpaired) electrons. The molecule has 0 spiro atoms. The topological polar surface area (TPSA) is 97.2 Å². The normalized spacial score (nSPS) is 12.7. The Labute approximate surface area is 197 Å². The van der Waals surface area contributed by atoms with Gasteiger partial charge in [0.1, 0.15) is 0 Å². The molecule has 0 saturated heterocycles. The van der Waals surface area contributed by atoms with Crippen molar-refractivity contribution in [3.8, 4) is 5.69 Å². The van der Waals surface area contributed by atoms with Crippen LogP contribution in [0.15, 0.2) is 53.7 Å². The highest BCUT2D eigenvalue weighted by Gasteiger charge is 2.21. The number of carbonyl (C=O) groups is 1. The number of anilines is 1. The van der Waals surface area contributed by atoms with Crippen LogP contribution in [0.5, 0.6) is 0 Å². The van der Waals surface area contributed by atoms with Gasteiger partial charge in [-0.05, 0) is 69.6 Å². The van der Waals surface area contributed by atoms with Crippen LogP contribution in [0.3, 0.4) is 0 Å². The molecule has 1 N–H and O–H groups in total. The van der Waals surface area contributed by atoms with Crippen molar-refractivity contribution in [2.24, 2.45) is 0 Å². The van der Waals surface area contributed by atoms with Gasteiger partial charge in [-0.3, -0.25) is 19.0 Å². The summed E-state index contributed by atoms with van der Waals surface area (Å²) in [4.78, 5) is 14.7. The summed E-state index contributed by atoms with van der Waals surface area (Å²) in [6.45, 7) is 2.03. The number of Topliss-reactive ketones (excluding diaryl/α,β-unsaturated/α-hetero) is 1. The van der Waals surface area contributed by atoms with Crippen LogP contribution in [0.2, 0.25) is 5.02 Å². The number of rotatable bonds is 9. The lowest BCUT2D eigenvalue weighted by molar-refractivity contribution is 0.102. The minimum absolute atomic E-state index is 0.00174. The molecule has 0 bridgehead atoms. The van der Waals surface area contributed by atoms with Crippen LogP contribution in [0, 0.1) is 0 Å². The molecule has 170 valence electrons. The first-order valence-electron chi connectivity index (χ1n) is 9.66. The van der Waals surface area contributed by atoms with Gasteiger partial charge in [-0.25, -0.2) is 8.42 Å². The van der Waals surface area contributed by atoms with Gasteiger partial charge in [0.05, 0.1) is 18.1 Å². The maximum absolute atomic E-state index is 12.7. The number of benzene rings is 2. The summed E-state index contributed by atoms with van der Waals surface area (Å²) >= 11 is 7.34. The van der Waals surface area contributed by atoms with E-state index in [4.69, 9.17) is 11.6 Å². The van der Waals surface area contributed by atoms with Crippen molar-refractivity contribution in [1.29, 1.82) is 0 Å². The van der Waals surface area contributed by atoms with Crippen LogP contribution in [-0.4, -0.2) is 60.0 Å². The zero-order chi connectivity index (χ0) is 23.5. The van der Waals surface area contributed by atoms with E-state index < -0.39 is 10.0 Å². The van der Waals surface area contributed by atoms with Crippen LogP contribution in [0.1, 0.15) is 29.1 Å². The van der Waals surface area contributed by atoms with E-state index in [2.05, 4.69) is 14.9 Å².